The Kier molecular flexibility index (Phi) is 5.92. The lowest BCUT2D eigenvalue weighted by atomic mass is 10.0. The van der Waals surface area contributed by atoms with Crippen molar-refractivity contribution in [2.45, 2.75) is 25.8 Å². The minimum atomic E-state index is -0.533. The fourth-order valence-corrected chi connectivity index (χ4v) is 3.47. The molecule has 0 bridgehead atoms. The Morgan fingerprint density at radius 1 is 1.30 bits per heavy atom. The molecule has 1 aromatic heterocycles. The van der Waals surface area contributed by atoms with E-state index in [4.69, 9.17) is 0 Å². The zero-order valence-corrected chi connectivity index (χ0v) is 14.1. The summed E-state index contributed by atoms with van der Waals surface area (Å²) in [5.74, 6) is -1.01. The van der Waals surface area contributed by atoms with Crippen LogP contribution >= 0.6 is 33.9 Å². The predicted octanol–water partition coefficient (Wildman–Crippen LogP) is 4.91. The fraction of sp³-hybridized carbons (Fsp3) is 0.333. The SMILES string of the molecule is CCCNC(Cc1ccc(F)cc1F)c1csc(I)c1. The quantitative estimate of drug-likeness (QED) is 0.671. The van der Waals surface area contributed by atoms with Gasteiger partial charge in [-0.2, -0.15) is 0 Å². The largest absolute Gasteiger partial charge is 0.310 e. The van der Waals surface area contributed by atoms with Crippen LogP contribution in [0.4, 0.5) is 8.78 Å². The molecule has 108 valence electrons. The van der Waals surface area contributed by atoms with Gasteiger partial charge in [-0.05, 0) is 70.6 Å². The van der Waals surface area contributed by atoms with Gasteiger partial charge in [0.15, 0.2) is 0 Å². The van der Waals surface area contributed by atoms with Gasteiger partial charge in [-0.1, -0.05) is 13.0 Å². The molecule has 2 rings (SSSR count). The number of hydrogen-bond donors (Lipinski definition) is 1. The van der Waals surface area contributed by atoms with E-state index in [1.165, 1.54) is 15.0 Å². The molecule has 0 aliphatic carbocycles. The first kappa shape index (κ1) is 15.9. The number of hydrogen-bond acceptors (Lipinski definition) is 2. The Bertz CT molecular complexity index is 571. The Balaban J connectivity index is 2.18. The standard InChI is InChI=1S/C15H16F2INS/c1-2-5-19-14(11-7-15(18)20-9-11)6-10-3-4-12(16)8-13(10)17/h3-4,7-9,14,19H,2,5-6H2,1H3. The van der Waals surface area contributed by atoms with Crippen molar-refractivity contribution in [1.82, 2.24) is 5.32 Å². The minimum absolute atomic E-state index is 0.0645. The van der Waals surface area contributed by atoms with E-state index < -0.39 is 11.6 Å². The van der Waals surface area contributed by atoms with Crippen LogP contribution in [0.2, 0.25) is 0 Å². The van der Waals surface area contributed by atoms with Crippen molar-refractivity contribution >= 4 is 33.9 Å². The van der Waals surface area contributed by atoms with E-state index in [0.29, 0.717) is 12.0 Å². The zero-order valence-electron chi connectivity index (χ0n) is 11.1. The molecule has 20 heavy (non-hydrogen) atoms. The van der Waals surface area contributed by atoms with Crippen molar-refractivity contribution in [3.05, 3.63) is 55.3 Å². The van der Waals surface area contributed by atoms with E-state index in [1.54, 1.807) is 11.3 Å². The van der Waals surface area contributed by atoms with E-state index in [9.17, 15) is 8.78 Å². The van der Waals surface area contributed by atoms with Crippen LogP contribution in [0, 0.1) is 14.5 Å². The Labute approximate surface area is 135 Å². The topological polar surface area (TPSA) is 12.0 Å². The second-order valence-corrected chi connectivity index (χ2v) is 7.44. The zero-order chi connectivity index (χ0) is 14.5. The third-order valence-corrected chi connectivity index (χ3v) is 4.88. The molecule has 1 atom stereocenters. The van der Waals surface area contributed by atoms with E-state index in [2.05, 4.69) is 46.3 Å². The molecule has 1 aromatic carbocycles. The molecule has 0 saturated carbocycles. The van der Waals surface area contributed by atoms with E-state index in [-0.39, 0.29) is 6.04 Å². The summed E-state index contributed by atoms with van der Waals surface area (Å²) < 4.78 is 28.0. The highest BCUT2D eigenvalue weighted by molar-refractivity contribution is 14.1. The lowest BCUT2D eigenvalue weighted by molar-refractivity contribution is 0.509. The van der Waals surface area contributed by atoms with Gasteiger partial charge in [0.1, 0.15) is 11.6 Å². The number of halogens is 3. The van der Waals surface area contributed by atoms with Gasteiger partial charge in [-0.25, -0.2) is 8.78 Å². The summed E-state index contributed by atoms with van der Waals surface area (Å²) in [6.07, 6.45) is 1.54. The van der Waals surface area contributed by atoms with Gasteiger partial charge < -0.3 is 5.32 Å². The van der Waals surface area contributed by atoms with Crippen molar-refractivity contribution in [3.8, 4) is 0 Å². The fourth-order valence-electron chi connectivity index (χ4n) is 2.04. The molecule has 1 unspecified atom stereocenters. The first-order chi connectivity index (χ1) is 9.60. The summed E-state index contributed by atoms with van der Waals surface area (Å²) >= 11 is 3.96. The second-order valence-electron chi connectivity index (χ2n) is 4.63. The number of benzene rings is 1. The summed E-state index contributed by atoms with van der Waals surface area (Å²) in [5, 5.41) is 5.53. The van der Waals surface area contributed by atoms with Gasteiger partial charge in [-0.15, -0.1) is 11.3 Å². The Hall–Kier alpha value is -0.530. The van der Waals surface area contributed by atoms with Crippen molar-refractivity contribution in [3.63, 3.8) is 0 Å². The summed E-state index contributed by atoms with van der Waals surface area (Å²) in [4.78, 5) is 0. The molecule has 5 heteroatoms. The highest BCUT2D eigenvalue weighted by Crippen LogP contribution is 2.26. The van der Waals surface area contributed by atoms with E-state index in [1.807, 2.05) is 0 Å². The Morgan fingerprint density at radius 3 is 2.70 bits per heavy atom. The molecule has 2 aromatic rings. The van der Waals surface area contributed by atoms with Gasteiger partial charge in [-0.3, -0.25) is 0 Å². The molecule has 0 amide bonds. The van der Waals surface area contributed by atoms with Crippen LogP contribution in [0.25, 0.3) is 0 Å². The van der Waals surface area contributed by atoms with Crippen molar-refractivity contribution in [1.29, 1.82) is 0 Å². The molecule has 0 fully saturated rings. The first-order valence-corrected chi connectivity index (χ1v) is 8.47. The normalized spacial score (nSPS) is 12.6. The second kappa shape index (κ2) is 7.47. The van der Waals surface area contributed by atoms with Gasteiger partial charge in [0.2, 0.25) is 0 Å². The van der Waals surface area contributed by atoms with Crippen LogP contribution in [0.1, 0.15) is 30.5 Å². The van der Waals surface area contributed by atoms with Gasteiger partial charge in [0.25, 0.3) is 0 Å². The molecule has 1 nitrogen and oxygen atoms in total. The van der Waals surface area contributed by atoms with Crippen molar-refractivity contribution in [2.75, 3.05) is 6.54 Å². The molecular formula is C15H16F2INS. The van der Waals surface area contributed by atoms with Gasteiger partial charge in [0, 0.05) is 12.1 Å². The maximum atomic E-state index is 13.8. The number of nitrogens with one attached hydrogen (secondary N) is 1. The summed E-state index contributed by atoms with van der Waals surface area (Å²) in [6.45, 7) is 2.97. The number of thiophene rings is 1. The highest BCUT2D eigenvalue weighted by atomic mass is 127. The summed E-state index contributed by atoms with van der Waals surface area (Å²) in [5.41, 5.74) is 1.71. The van der Waals surface area contributed by atoms with Crippen LogP contribution in [-0.2, 0) is 6.42 Å². The number of rotatable bonds is 6. The van der Waals surface area contributed by atoms with Gasteiger partial charge in [0.05, 0.1) is 2.88 Å². The third kappa shape index (κ3) is 4.23. The minimum Gasteiger partial charge on any atom is -0.310 e. The molecule has 0 aliphatic rings. The molecule has 0 aliphatic heterocycles. The monoisotopic (exact) mass is 407 g/mol. The predicted molar refractivity (Wildman–Crippen MR) is 88.1 cm³/mol. The van der Waals surface area contributed by atoms with Crippen molar-refractivity contribution < 1.29 is 8.78 Å². The molecule has 1 N–H and O–H groups in total. The summed E-state index contributed by atoms with van der Waals surface area (Å²) in [7, 11) is 0. The average Bonchev–Trinajstić information content (AvgIpc) is 2.83. The van der Waals surface area contributed by atoms with Crippen LogP contribution < -0.4 is 5.32 Å². The summed E-state index contributed by atoms with van der Waals surface area (Å²) in [6, 6.07) is 5.97. The molecule has 0 saturated heterocycles. The van der Waals surface area contributed by atoms with Crippen LogP contribution in [0.5, 0.6) is 0 Å². The van der Waals surface area contributed by atoms with E-state index >= 15 is 0 Å². The van der Waals surface area contributed by atoms with Gasteiger partial charge >= 0.3 is 0 Å². The first-order valence-electron chi connectivity index (χ1n) is 6.51. The lowest BCUT2D eigenvalue weighted by Crippen LogP contribution is -2.24. The maximum Gasteiger partial charge on any atom is 0.129 e. The maximum absolute atomic E-state index is 13.8. The van der Waals surface area contributed by atoms with E-state index in [0.717, 1.165) is 24.6 Å². The van der Waals surface area contributed by atoms with Crippen molar-refractivity contribution in [2.24, 2.45) is 0 Å². The lowest BCUT2D eigenvalue weighted by Gasteiger charge is -2.18. The third-order valence-electron chi connectivity index (χ3n) is 3.07. The molecule has 0 radical (unpaired) electrons. The Morgan fingerprint density at radius 2 is 2.10 bits per heavy atom. The molecule has 0 spiro atoms. The van der Waals surface area contributed by atoms with Crippen LogP contribution in [0.15, 0.2) is 29.6 Å². The molecule has 1 heterocycles. The molecular weight excluding hydrogens is 391 g/mol. The highest BCUT2D eigenvalue weighted by Gasteiger charge is 2.15. The average molecular weight is 407 g/mol. The smallest absolute Gasteiger partial charge is 0.129 e. The van der Waals surface area contributed by atoms with Crippen LogP contribution in [-0.4, -0.2) is 6.54 Å². The van der Waals surface area contributed by atoms with Crippen LogP contribution in [0.3, 0.4) is 0 Å².